The van der Waals surface area contributed by atoms with Crippen LogP contribution >= 0.6 is 0 Å². The van der Waals surface area contributed by atoms with Crippen LogP contribution in [0.2, 0.25) is 0 Å². The van der Waals surface area contributed by atoms with Gasteiger partial charge in [-0.1, -0.05) is 0 Å². The summed E-state index contributed by atoms with van der Waals surface area (Å²) in [5.41, 5.74) is 6.20. The maximum atomic E-state index is 13.7. The molecule has 0 radical (unpaired) electrons. The Labute approximate surface area is 229 Å². The van der Waals surface area contributed by atoms with Crippen molar-refractivity contribution in [3.05, 3.63) is 48.2 Å². The van der Waals surface area contributed by atoms with Gasteiger partial charge in [0.05, 0.1) is 49.4 Å². The number of aromatic amines is 1. The first-order chi connectivity index (χ1) is 19.2. The Morgan fingerprint density at radius 3 is 2.60 bits per heavy atom. The largest absolute Gasteiger partial charge is 0.465 e. The highest BCUT2D eigenvalue weighted by Crippen LogP contribution is 2.40. The van der Waals surface area contributed by atoms with Crippen LogP contribution in [0, 0.1) is 28.5 Å². The van der Waals surface area contributed by atoms with Gasteiger partial charge < -0.3 is 30.2 Å². The molecular formula is C27H28FN7O5. The molecule has 1 aliphatic carbocycles. The number of nitriles is 1. The molecule has 0 atom stereocenters. The van der Waals surface area contributed by atoms with Crippen molar-refractivity contribution < 1.29 is 28.2 Å². The number of hydrogen-bond donors (Lipinski definition) is 3. The van der Waals surface area contributed by atoms with Crippen LogP contribution in [0.5, 0.6) is 0 Å². The van der Waals surface area contributed by atoms with Crippen molar-refractivity contribution in [2.45, 2.75) is 32.0 Å². The summed E-state index contributed by atoms with van der Waals surface area (Å²) in [7, 11) is 0. The Bertz CT molecular complexity index is 1440. The molecule has 208 valence electrons. The van der Waals surface area contributed by atoms with Crippen LogP contribution in [0.4, 0.5) is 10.3 Å². The van der Waals surface area contributed by atoms with Crippen molar-refractivity contribution in [1.29, 1.82) is 5.26 Å². The third kappa shape index (κ3) is 5.49. The molecule has 0 unspecified atom stereocenters. The number of ether oxygens (including phenoxy) is 3. The van der Waals surface area contributed by atoms with Crippen LogP contribution < -0.4 is 11.1 Å². The van der Waals surface area contributed by atoms with E-state index in [4.69, 9.17) is 25.2 Å². The van der Waals surface area contributed by atoms with E-state index in [-0.39, 0.29) is 31.4 Å². The van der Waals surface area contributed by atoms with Gasteiger partial charge in [-0.15, -0.1) is 0 Å². The minimum absolute atomic E-state index is 0.0691. The fourth-order valence-electron chi connectivity index (χ4n) is 4.12. The molecule has 2 fully saturated rings. The minimum atomic E-state index is -2.13. The molecule has 1 saturated carbocycles. The number of benzene rings is 1. The molecule has 3 aromatic rings. The lowest BCUT2D eigenvalue weighted by Crippen LogP contribution is -2.56. The smallest absolute Gasteiger partial charge is 0.316 e. The molecule has 12 nitrogen and oxygen atoms in total. The van der Waals surface area contributed by atoms with Gasteiger partial charge in [0.1, 0.15) is 11.2 Å². The van der Waals surface area contributed by atoms with Gasteiger partial charge in [-0.25, -0.2) is 19.3 Å². The van der Waals surface area contributed by atoms with Gasteiger partial charge in [0.15, 0.2) is 5.82 Å². The summed E-state index contributed by atoms with van der Waals surface area (Å²) in [4.78, 5) is 41.9. The van der Waals surface area contributed by atoms with E-state index >= 15 is 0 Å². The number of nitrogens with one attached hydrogen (secondary N) is 2. The van der Waals surface area contributed by atoms with Crippen LogP contribution in [0.25, 0.3) is 22.6 Å². The van der Waals surface area contributed by atoms with Crippen molar-refractivity contribution in [2.24, 2.45) is 17.1 Å². The molecule has 2 aromatic heterocycles. The van der Waals surface area contributed by atoms with Crippen molar-refractivity contribution in [2.75, 3.05) is 31.7 Å². The Balaban J connectivity index is 1.49. The Morgan fingerprint density at radius 1 is 1.23 bits per heavy atom. The minimum Gasteiger partial charge on any atom is -0.465 e. The topological polar surface area (TPSA) is 178 Å². The summed E-state index contributed by atoms with van der Waals surface area (Å²) in [6.45, 7) is 1.90. The van der Waals surface area contributed by atoms with E-state index in [2.05, 4.69) is 25.3 Å². The van der Waals surface area contributed by atoms with Crippen LogP contribution in [0.3, 0.4) is 0 Å². The highest BCUT2D eigenvalue weighted by Gasteiger charge is 2.54. The zero-order valence-corrected chi connectivity index (χ0v) is 21.8. The summed E-state index contributed by atoms with van der Waals surface area (Å²) in [6, 6.07) is 9.26. The van der Waals surface area contributed by atoms with E-state index in [1.165, 1.54) is 30.5 Å². The Hall–Kier alpha value is -4.41. The number of halogens is 1. The number of primary amides is 1. The van der Waals surface area contributed by atoms with Crippen LogP contribution in [-0.2, 0) is 29.6 Å². The number of esters is 1. The zero-order chi connectivity index (χ0) is 28.3. The number of carbonyl (C=O) groups excluding carboxylic acids is 2. The van der Waals surface area contributed by atoms with E-state index in [0.717, 1.165) is 12.8 Å². The number of imidazole rings is 1. The third-order valence-corrected chi connectivity index (χ3v) is 6.72. The van der Waals surface area contributed by atoms with E-state index in [0.29, 0.717) is 41.7 Å². The average Bonchev–Trinajstić information content (AvgIpc) is 3.68. The number of hydrogen-bond acceptors (Lipinski definition) is 10. The molecule has 3 heterocycles. The van der Waals surface area contributed by atoms with Crippen LogP contribution in [-0.4, -0.2) is 58.2 Å². The number of aromatic nitrogens is 4. The number of H-pyrrole nitrogens is 1. The highest BCUT2D eigenvalue weighted by molar-refractivity contribution is 5.85. The van der Waals surface area contributed by atoms with E-state index in [1.807, 2.05) is 6.07 Å². The predicted octanol–water partition coefficient (Wildman–Crippen LogP) is 2.64. The Morgan fingerprint density at radius 2 is 1.95 bits per heavy atom. The first-order valence-electron chi connectivity index (χ1n) is 12.8. The first kappa shape index (κ1) is 27.2. The molecule has 40 heavy (non-hydrogen) atoms. The summed E-state index contributed by atoms with van der Waals surface area (Å²) in [5.74, 6) is -3.45. The van der Waals surface area contributed by atoms with Gasteiger partial charge in [0.2, 0.25) is 5.95 Å². The molecule has 4 N–H and O–H groups in total. The second-order valence-corrected chi connectivity index (χ2v) is 10.1. The van der Waals surface area contributed by atoms with Crippen molar-refractivity contribution in [3.8, 4) is 28.7 Å². The number of amides is 1. The number of nitrogens with two attached hydrogens (primary N) is 1. The summed E-state index contributed by atoms with van der Waals surface area (Å²) in [5, 5.41) is 11.8. The number of anilines is 1. The maximum absolute atomic E-state index is 13.7. The van der Waals surface area contributed by atoms with Gasteiger partial charge >= 0.3 is 11.8 Å². The SMILES string of the molecule is CC1(C(=O)OCC2CC2)COC(C(N)=O)(c2nc(-c3ccc(F)cc3)c(-c3ccnc(NCCC#N)n3)[nH]2)OC1. The molecule has 0 spiro atoms. The van der Waals surface area contributed by atoms with Gasteiger partial charge in [-0.05, 0) is 56.0 Å². The molecule has 2 aliphatic rings. The molecule has 1 saturated heterocycles. The molecular weight excluding hydrogens is 521 g/mol. The van der Waals surface area contributed by atoms with Crippen molar-refractivity contribution in [3.63, 3.8) is 0 Å². The molecule has 1 aromatic carbocycles. The maximum Gasteiger partial charge on any atom is 0.316 e. The lowest BCUT2D eigenvalue weighted by molar-refractivity contribution is -0.293. The molecule has 1 amide bonds. The monoisotopic (exact) mass is 549 g/mol. The van der Waals surface area contributed by atoms with E-state index in [1.54, 1.807) is 13.0 Å². The average molecular weight is 550 g/mol. The van der Waals surface area contributed by atoms with Gasteiger partial charge in [0.25, 0.3) is 5.91 Å². The lowest BCUT2D eigenvalue weighted by atomic mass is 9.91. The molecule has 0 bridgehead atoms. The van der Waals surface area contributed by atoms with Gasteiger partial charge in [-0.2, -0.15) is 5.26 Å². The molecule has 13 heteroatoms. The third-order valence-electron chi connectivity index (χ3n) is 6.72. The first-order valence-corrected chi connectivity index (χ1v) is 12.8. The number of carbonyl (C=O) groups is 2. The summed E-state index contributed by atoms with van der Waals surface area (Å²) >= 11 is 0. The number of rotatable bonds is 10. The zero-order valence-electron chi connectivity index (χ0n) is 21.8. The fourth-order valence-corrected chi connectivity index (χ4v) is 4.12. The number of nitrogens with zero attached hydrogens (tertiary/aromatic N) is 4. The van der Waals surface area contributed by atoms with Crippen molar-refractivity contribution >= 4 is 17.8 Å². The normalized spacial score (nSPS) is 22.3. The van der Waals surface area contributed by atoms with Gasteiger partial charge in [0, 0.05) is 18.3 Å². The Kier molecular flexibility index (Phi) is 7.46. The molecule has 5 rings (SSSR count). The summed E-state index contributed by atoms with van der Waals surface area (Å²) in [6.07, 6.45) is 3.83. The lowest BCUT2D eigenvalue weighted by Gasteiger charge is -2.40. The van der Waals surface area contributed by atoms with Gasteiger partial charge in [-0.3, -0.25) is 9.59 Å². The summed E-state index contributed by atoms with van der Waals surface area (Å²) < 4.78 is 30.9. The second-order valence-electron chi connectivity index (χ2n) is 10.1. The molecule has 1 aliphatic heterocycles. The van der Waals surface area contributed by atoms with Crippen molar-refractivity contribution in [1.82, 2.24) is 19.9 Å². The second kappa shape index (κ2) is 11.0. The van der Waals surface area contributed by atoms with E-state index < -0.39 is 28.9 Å². The predicted molar refractivity (Wildman–Crippen MR) is 138 cm³/mol. The highest BCUT2D eigenvalue weighted by atomic mass is 19.1. The van der Waals surface area contributed by atoms with Crippen LogP contribution in [0.15, 0.2) is 36.5 Å². The standard InChI is InChI=1S/C27H28FN7O5/c1-26(24(37)38-13-16-3-4-16)14-39-27(22(30)36,40-15-26)23-34-20(17-5-7-18(28)8-6-17)21(35-23)19-9-12-32-25(33-19)31-11-2-10-29/h5-9,12,16H,2-4,11,13-15H2,1H3,(H2,30,36)(H,34,35)(H,31,32,33). The fraction of sp³-hybridized carbons (Fsp3) is 0.407. The van der Waals surface area contributed by atoms with Crippen LogP contribution in [0.1, 0.15) is 32.0 Å². The quantitative estimate of drug-likeness (QED) is 0.251. The van der Waals surface area contributed by atoms with E-state index in [9.17, 15) is 14.0 Å².